The standard InChI is InChI=1S/C8H12ClN3O2/c1-6-5-13-3-2-12(6)8-11-10-7(4-9)14-8/h6H,2-5H2,1H3. The van der Waals surface area contributed by atoms with Crippen molar-refractivity contribution in [3.63, 3.8) is 0 Å². The van der Waals surface area contributed by atoms with E-state index in [2.05, 4.69) is 17.1 Å². The van der Waals surface area contributed by atoms with E-state index in [1.54, 1.807) is 0 Å². The lowest BCUT2D eigenvalue weighted by Crippen LogP contribution is -2.43. The van der Waals surface area contributed by atoms with Gasteiger partial charge >= 0.3 is 6.01 Å². The van der Waals surface area contributed by atoms with Crippen LogP contribution in [0.5, 0.6) is 0 Å². The summed E-state index contributed by atoms with van der Waals surface area (Å²) in [5.74, 6) is 0.714. The summed E-state index contributed by atoms with van der Waals surface area (Å²) < 4.78 is 10.7. The summed E-state index contributed by atoms with van der Waals surface area (Å²) in [7, 11) is 0. The molecule has 1 saturated heterocycles. The highest BCUT2D eigenvalue weighted by Crippen LogP contribution is 2.18. The maximum atomic E-state index is 5.58. The van der Waals surface area contributed by atoms with Gasteiger partial charge in [-0.25, -0.2) is 0 Å². The van der Waals surface area contributed by atoms with E-state index < -0.39 is 0 Å². The zero-order valence-corrected chi connectivity index (χ0v) is 8.70. The van der Waals surface area contributed by atoms with Crippen LogP contribution in [0.2, 0.25) is 0 Å². The van der Waals surface area contributed by atoms with Crippen LogP contribution in [0.3, 0.4) is 0 Å². The van der Waals surface area contributed by atoms with Crippen molar-refractivity contribution in [1.82, 2.24) is 10.2 Å². The van der Waals surface area contributed by atoms with Gasteiger partial charge in [0.2, 0.25) is 5.89 Å². The molecule has 0 spiro atoms. The minimum absolute atomic E-state index is 0.256. The molecule has 14 heavy (non-hydrogen) atoms. The third kappa shape index (κ3) is 1.83. The van der Waals surface area contributed by atoms with E-state index in [4.69, 9.17) is 20.8 Å². The SMILES string of the molecule is CC1COCCN1c1nnc(CCl)o1. The minimum atomic E-state index is 0.256. The summed E-state index contributed by atoms with van der Waals surface area (Å²) in [6, 6.07) is 0.809. The zero-order chi connectivity index (χ0) is 9.97. The number of aromatic nitrogens is 2. The Labute approximate surface area is 87.0 Å². The van der Waals surface area contributed by atoms with E-state index in [1.165, 1.54) is 0 Å². The van der Waals surface area contributed by atoms with Gasteiger partial charge in [-0.05, 0) is 6.92 Å². The average molecular weight is 218 g/mol. The Morgan fingerprint density at radius 2 is 2.43 bits per heavy atom. The number of ether oxygens (including phenoxy) is 1. The topological polar surface area (TPSA) is 51.4 Å². The number of nitrogens with zero attached hydrogens (tertiary/aromatic N) is 3. The first-order valence-electron chi connectivity index (χ1n) is 4.54. The molecule has 1 aliphatic rings. The van der Waals surface area contributed by atoms with E-state index in [9.17, 15) is 0 Å². The molecule has 1 aromatic heterocycles. The van der Waals surface area contributed by atoms with Gasteiger partial charge in [-0.1, -0.05) is 5.10 Å². The quantitative estimate of drug-likeness (QED) is 0.693. The van der Waals surface area contributed by atoms with E-state index >= 15 is 0 Å². The molecule has 1 atom stereocenters. The fraction of sp³-hybridized carbons (Fsp3) is 0.750. The molecular weight excluding hydrogens is 206 g/mol. The van der Waals surface area contributed by atoms with Crippen LogP contribution in [-0.2, 0) is 10.6 Å². The Hall–Kier alpha value is -0.810. The van der Waals surface area contributed by atoms with Crippen LogP contribution >= 0.6 is 11.6 Å². The average Bonchev–Trinajstić information content (AvgIpc) is 2.67. The molecule has 5 nitrogen and oxygen atoms in total. The smallest absolute Gasteiger partial charge is 0.318 e. The van der Waals surface area contributed by atoms with Gasteiger partial charge in [0.05, 0.1) is 19.3 Å². The van der Waals surface area contributed by atoms with Crippen LogP contribution in [0.15, 0.2) is 4.42 Å². The van der Waals surface area contributed by atoms with Gasteiger partial charge in [0.15, 0.2) is 0 Å². The van der Waals surface area contributed by atoms with Gasteiger partial charge in [-0.2, -0.15) is 0 Å². The van der Waals surface area contributed by atoms with E-state index in [1.807, 2.05) is 4.90 Å². The van der Waals surface area contributed by atoms with Crippen LogP contribution < -0.4 is 4.90 Å². The van der Waals surface area contributed by atoms with Gasteiger partial charge in [-0.15, -0.1) is 16.7 Å². The normalized spacial score (nSPS) is 22.7. The predicted molar refractivity (Wildman–Crippen MR) is 51.5 cm³/mol. The third-order valence-corrected chi connectivity index (χ3v) is 2.41. The Balaban J connectivity index is 2.12. The molecule has 1 aliphatic heterocycles. The summed E-state index contributed by atoms with van der Waals surface area (Å²) in [4.78, 5) is 2.03. The highest BCUT2D eigenvalue weighted by Gasteiger charge is 2.23. The molecule has 1 unspecified atom stereocenters. The molecule has 0 N–H and O–H groups in total. The fourth-order valence-electron chi connectivity index (χ4n) is 1.43. The van der Waals surface area contributed by atoms with Crippen LogP contribution in [0.1, 0.15) is 12.8 Å². The van der Waals surface area contributed by atoms with Gasteiger partial charge in [0.1, 0.15) is 5.88 Å². The maximum absolute atomic E-state index is 5.58. The zero-order valence-electron chi connectivity index (χ0n) is 7.94. The molecule has 0 amide bonds. The van der Waals surface area contributed by atoms with Crippen LogP contribution in [0.25, 0.3) is 0 Å². The van der Waals surface area contributed by atoms with Crippen molar-refractivity contribution < 1.29 is 9.15 Å². The summed E-state index contributed by atoms with van der Waals surface area (Å²) in [6.07, 6.45) is 0. The highest BCUT2D eigenvalue weighted by atomic mass is 35.5. The maximum Gasteiger partial charge on any atom is 0.318 e. The molecule has 78 valence electrons. The van der Waals surface area contributed by atoms with Crippen molar-refractivity contribution in [2.24, 2.45) is 0 Å². The van der Waals surface area contributed by atoms with Crippen LogP contribution in [0.4, 0.5) is 6.01 Å². The molecule has 0 radical (unpaired) electrons. The molecule has 1 aromatic rings. The number of morpholine rings is 1. The lowest BCUT2D eigenvalue weighted by atomic mass is 10.3. The Morgan fingerprint density at radius 1 is 1.57 bits per heavy atom. The number of alkyl halides is 1. The molecule has 1 fully saturated rings. The van der Waals surface area contributed by atoms with E-state index in [0.717, 1.165) is 6.54 Å². The number of hydrogen-bond acceptors (Lipinski definition) is 5. The summed E-state index contributed by atoms with van der Waals surface area (Å²) in [5, 5.41) is 7.74. The van der Waals surface area contributed by atoms with Gasteiger partial charge in [-0.3, -0.25) is 0 Å². The predicted octanol–water partition coefficient (Wildman–Crippen LogP) is 1.03. The molecule has 6 heteroatoms. The Kier molecular flexibility index (Phi) is 2.88. The molecule has 0 bridgehead atoms. The molecule has 2 rings (SSSR count). The third-order valence-electron chi connectivity index (χ3n) is 2.18. The van der Waals surface area contributed by atoms with Crippen molar-refractivity contribution in [2.75, 3.05) is 24.7 Å². The number of rotatable bonds is 2. The van der Waals surface area contributed by atoms with Crippen molar-refractivity contribution in [1.29, 1.82) is 0 Å². The summed E-state index contributed by atoms with van der Waals surface area (Å²) in [6.45, 7) is 4.23. The van der Waals surface area contributed by atoms with Crippen molar-refractivity contribution in [3.8, 4) is 0 Å². The molecule has 0 saturated carbocycles. The van der Waals surface area contributed by atoms with Crippen molar-refractivity contribution in [2.45, 2.75) is 18.8 Å². The largest absolute Gasteiger partial charge is 0.407 e. The first-order chi connectivity index (χ1) is 6.81. The van der Waals surface area contributed by atoms with E-state index in [-0.39, 0.29) is 11.9 Å². The second-order valence-corrected chi connectivity index (χ2v) is 3.50. The Bertz CT molecular complexity index is 305. The number of hydrogen-bond donors (Lipinski definition) is 0. The van der Waals surface area contributed by atoms with Crippen molar-refractivity contribution >= 4 is 17.6 Å². The Morgan fingerprint density at radius 3 is 3.07 bits per heavy atom. The summed E-state index contributed by atoms with van der Waals surface area (Å²) in [5.41, 5.74) is 0. The lowest BCUT2D eigenvalue weighted by Gasteiger charge is -2.31. The fourth-order valence-corrected chi connectivity index (χ4v) is 1.53. The lowest BCUT2D eigenvalue weighted by molar-refractivity contribution is 0.0960. The van der Waals surface area contributed by atoms with Gasteiger partial charge < -0.3 is 14.1 Å². The van der Waals surface area contributed by atoms with Gasteiger partial charge in [0, 0.05) is 6.54 Å². The monoisotopic (exact) mass is 217 g/mol. The van der Waals surface area contributed by atoms with Crippen LogP contribution in [-0.4, -0.2) is 36.0 Å². The first kappa shape index (κ1) is 9.73. The second kappa shape index (κ2) is 4.14. The van der Waals surface area contributed by atoms with Crippen molar-refractivity contribution in [3.05, 3.63) is 5.89 Å². The van der Waals surface area contributed by atoms with Gasteiger partial charge in [0.25, 0.3) is 0 Å². The van der Waals surface area contributed by atoms with E-state index in [0.29, 0.717) is 25.1 Å². The summed E-state index contributed by atoms with van der Waals surface area (Å²) >= 11 is 5.58. The van der Waals surface area contributed by atoms with Crippen LogP contribution in [0, 0.1) is 0 Å². The number of halogens is 1. The second-order valence-electron chi connectivity index (χ2n) is 3.23. The molecule has 0 aromatic carbocycles. The highest BCUT2D eigenvalue weighted by molar-refractivity contribution is 6.16. The number of anilines is 1. The molecule has 2 heterocycles. The first-order valence-corrected chi connectivity index (χ1v) is 5.07. The molecule has 0 aliphatic carbocycles. The molecular formula is C8H12ClN3O2. The minimum Gasteiger partial charge on any atom is -0.407 e.